The lowest BCUT2D eigenvalue weighted by Gasteiger charge is -2.07. The number of nitrogens with one attached hydrogen (secondary N) is 2. The van der Waals surface area contributed by atoms with Crippen LogP contribution in [0.2, 0.25) is 0 Å². The summed E-state index contributed by atoms with van der Waals surface area (Å²) in [7, 11) is 1.62. The average Bonchev–Trinajstić information content (AvgIpc) is 2.91. The molecule has 4 N–H and O–H groups in total. The zero-order valence-electron chi connectivity index (χ0n) is 11.6. The monoisotopic (exact) mass is 291 g/mol. The van der Waals surface area contributed by atoms with Crippen molar-refractivity contribution >= 4 is 17.5 Å². The van der Waals surface area contributed by atoms with Crippen LogP contribution in [0.15, 0.2) is 24.3 Å². The number of carbonyl (C=O) groups excluding carboxylic acids is 1. The van der Waals surface area contributed by atoms with E-state index in [1.54, 1.807) is 13.2 Å². The molecule has 0 fully saturated rings. The number of hydrogen-bond donors (Lipinski definition) is 3. The first-order valence-electron chi connectivity index (χ1n) is 6.34. The van der Waals surface area contributed by atoms with Crippen LogP contribution in [0.3, 0.4) is 0 Å². The molecule has 112 valence electrons. The van der Waals surface area contributed by atoms with Crippen LogP contribution in [0, 0.1) is 0 Å². The molecule has 1 amide bonds. The number of amides is 1. The van der Waals surface area contributed by atoms with E-state index in [-0.39, 0.29) is 11.8 Å². The number of ether oxygens (including phenoxy) is 2. The summed E-state index contributed by atoms with van der Waals surface area (Å²) in [6, 6.07) is 7.34. The van der Waals surface area contributed by atoms with Gasteiger partial charge in [0.1, 0.15) is 0 Å². The fourth-order valence-corrected chi connectivity index (χ4v) is 1.64. The van der Waals surface area contributed by atoms with Crippen LogP contribution in [0.4, 0.5) is 11.6 Å². The van der Waals surface area contributed by atoms with Gasteiger partial charge in [0.05, 0.1) is 19.8 Å². The quantitative estimate of drug-likeness (QED) is 0.650. The van der Waals surface area contributed by atoms with Gasteiger partial charge in [0, 0.05) is 12.8 Å². The number of anilines is 2. The van der Waals surface area contributed by atoms with Crippen molar-refractivity contribution in [3.63, 3.8) is 0 Å². The predicted octanol–water partition coefficient (Wildman–Crippen LogP) is 0.802. The van der Waals surface area contributed by atoms with Gasteiger partial charge in [-0.15, -0.1) is 5.10 Å². The van der Waals surface area contributed by atoms with Gasteiger partial charge in [-0.25, -0.2) is 0 Å². The van der Waals surface area contributed by atoms with Gasteiger partial charge in [-0.2, -0.15) is 4.98 Å². The number of nitrogens with two attached hydrogens (primary N) is 1. The highest BCUT2D eigenvalue weighted by Crippen LogP contribution is 2.12. The Morgan fingerprint density at radius 1 is 1.43 bits per heavy atom. The maximum atomic E-state index is 11.9. The molecular formula is C13H17N5O3. The van der Waals surface area contributed by atoms with Crippen LogP contribution in [0.1, 0.15) is 16.2 Å². The number of methoxy groups -OCH3 is 1. The Morgan fingerprint density at radius 2 is 2.29 bits per heavy atom. The number of hydrogen-bond acceptors (Lipinski definition) is 6. The first-order valence-corrected chi connectivity index (χ1v) is 6.34. The van der Waals surface area contributed by atoms with E-state index in [1.807, 2.05) is 18.2 Å². The molecule has 0 spiro atoms. The van der Waals surface area contributed by atoms with Crippen molar-refractivity contribution in [1.29, 1.82) is 0 Å². The second-order valence-corrected chi connectivity index (χ2v) is 4.24. The Morgan fingerprint density at radius 3 is 3.00 bits per heavy atom. The van der Waals surface area contributed by atoms with E-state index in [0.29, 0.717) is 25.5 Å². The zero-order valence-corrected chi connectivity index (χ0v) is 11.6. The van der Waals surface area contributed by atoms with Crippen molar-refractivity contribution in [2.45, 2.75) is 6.61 Å². The standard InChI is InChI=1S/C13H17N5O3/c1-20-5-6-21-8-9-3-2-4-10(7-9)15-12(19)11-16-13(14)18-17-11/h2-4,7H,5-6,8H2,1H3,(H,15,19)(H3,14,16,17,18). The lowest BCUT2D eigenvalue weighted by molar-refractivity contribution is 0.0617. The average molecular weight is 291 g/mol. The van der Waals surface area contributed by atoms with E-state index in [0.717, 1.165) is 5.56 Å². The van der Waals surface area contributed by atoms with Crippen LogP contribution in [0.25, 0.3) is 0 Å². The molecule has 1 aromatic heterocycles. The van der Waals surface area contributed by atoms with Gasteiger partial charge in [0.2, 0.25) is 11.8 Å². The van der Waals surface area contributed by atoms with Gasteiger partial charge < -0.3 is 20.5 Å². The number of benzene rings is 1. The maximum Gasteiger partial charge on any atom is 0.293 e. The van der Waals surface area contributed by atoms with Gasteiger partial charge in [-0.05, 0) is 17.7 Å². The van der Waals surface area contributed by atoms with Crippen molar-refractivity contribution in [3.8, 4) is 0 Å². The molecule has 21 heavy (non-hydrogen) atoms. The molecule has 0 aliphatic rings. The minimum Gasteiger partial charge on any atom is -0.382 e. The normalized spacial score (nSPS) is 10.5. The second-order valence-electron chi connectivity index (χ2n) is 4.24. The largest absolute Gasteiger partial charge is 0.382 e. The van der Waals surface area contributed by atoms with Crippen molar-refractivity contribution in [3.05, 3.63) is 35.7 Å². The van der Waals surface area contributed by atoms with Crippen molar-refractivity contribution in [1.82, 2.24) is 15.2 Å². The number of carbonyl (C=O) groups is 1. The molecule has 0 saturated heterocycles. The Hall–Kier alpha value is -2.45. The van der Waals surface area contributed by atoms with E-state index in [9.17, 15) is 4.79 Å². The van der Waals surface area contributed by atoms with E-state index in [4.69, 9.17) is 15.2 Å². The van der Waals surface area contributed by atoms with E-state index >= 15 is 0 Å². The van der Waals surface area contributed by atoms with Gasteiger partial charge in [0.15, 0.2) is 0 Å². The molecule has 1 heterocycles. The third-order valence-corrected chi connectivity index (χ3v) is 2.60. The molecule has 0 aliphatic carbocycles. The number of nitrogen functional groups attached to an aromatic ring is 1. The lowest BCUT2D eigenvalue weighted by atomic mass is 10.2. The number of rotatable bonds is 7. The lowest BCUT2D eigenvalue weighted by Crippen LogP contribution is -2.14. The molecule has 2 rings (SSSR count). The first-order chi connectivity index (χ1) is 10.2. The van der Waals surface area contributed by atoms with Gasteiger partial charge in [-0.3, -0.25) is 9.89 Å². The van der Waals surface area contributed by atoms with Gasteiger partial charge in [0.25, 0.3) is 5.91 Å². The van der Waals surface area contributed by atoms with Crippen molar-refractivity contribution in [2.75, 3.05) is 31.4 Å². The summed E-state index contributed by atoms with van der Waals surface area (Å²) in [5, 5.41) is 8.76. The molecule has 2 aromatic rings. The van der Waals surface area contributed by atoms with E-state index in [1.165, 1.54) is 0 Å². The summed E-state index contributed by atoms with van der Waals surface area (Å²) < 4.78 is 10.3. The second kappa shape index (κ2) is 7.36. The first kappa shape index (κ1) is 14.9. The zero-order chi connectivity index (χ0) is 15.1. The van der Waals surface area contributed by atoms with E-state index < -0.39 is 5.91 Å². The van der Waals surface area contributed by atoms with Crippen LogP contribution in [-0.4, -0.2) is 41.4 Å². The molecule has 0 atom stereocenters. The Bertz CT molecular complexity index is 599. The highest BCUT2D eigenvalue weighted by atomic mass is 16.5. The highest BCUT2D eigenvalue weighted by Gasteiger charge is 2.10. The van der Waals surface area contributed by atoms with Crippen LogP contribution >= 0.6 is 0 Å². The van der Waals surface area contributed by atoms with Crippen LogP contribution in [-0.2, 0) is 16.1 Å². The fourth-order valence-electron chi connectivity index (χ4n) is 1.64. The SMILES string of the molecule is COCCOCc1cccc(NC(=O)c2nc(N)n[nH]2)c1. The van der Waals surface area contributed by atoms with Crippen LogP contribution in [0.5, 0.6) is 0 Å². The molecule has 8 heteroatoms. The fraction of sp³-hybridized carbons (Fsp3) is 0.308. The number of aromatic amines is 1. The summed E-state index contributed by atoms with van der Waals surface area (Å²) in [5.41, 5.74) is 6.94. The van der Waals surface area contributed by atoms with Gasteiger partial charge >= 0.3 is 0 Å². The highest BCUT2D eigenvalue weighted by molar-refractivity contribution is 6.01. The Kier molecular flexibility index (Phi) is 5.24. The van der Waals surface area contributed by atoms with Crippen LogP contribution < -0.4 is 11.1 Å². The molecular weight excluding hydrogens is 274 g/mol. The topological polar surface area (TPSA) is 115 Å². The third-order valence-electron chi connectivity index (χ3n) is 2.60. The summed E-state index contributed by atoms with van der Waals surface area (Å²) in [4.78, 5) is 15.6. The van der Waals surface area contributed by atoms with Crippen molar-refractivity contribution in [2.24, 2.45) is 0 Å². The molecule has 8 nitrogen and oxygen atoms in total. The Labute approximate surface area is 121 Å². The van der Waals surface area contributed by atoms with Crippen molar-refractivity contribution < 1.29 is 14.3 Å². The third kappa shape index (κ3) is 4.55. The summed E-state index contributed by atoms with van der Waals surface area (Å²) in [6.45, 7) is 1.51. The minimum atomic E-state index is -0.406. The molecule has 0 aliphatic heterocycles. The summed E-state index contributed by atoms with van der Waals surface area (Å²) in [6.07, 6.45) is 0. The van der Waals surface area contributed by atoms with E-state index in [2.05, 4.69) is 20.5 Å². The van der Waals surface area contributed by atoms with Gasteiger partial charge in [-0.1, -0.05) is 12.1 Å². The maximum absolute atomic E-state index is 11.9. The number of nitrogens with zero attached hydrogens (tertiary/aromatic N) is 2. The molecule has 1 aromatic carbocycles. The number of H-pyrrole nitrogens is 1. The molecule has 0 bridgehead atoms. The minimum absolute atomic E-state index is 0.0282. The summed E-state index contributed by atoms with van der Waals surface area (Å²) in [5.74, 6) is -0.314. The molecule has 0 unspecified atom stereocenters. The molecule has 0 radical (unpaired) electrons. The summed E-state index contributed by atoms with van der Waals surface area (Å²) >= 11 is 0. The number of aromatic nitrogens is 3. The predicted molar refractivity (Wildman–Crippen MR) is 76.7 cm³/mol. The molecule has 0 saturated carbocycles. The smallest absolute Gasteiger partial charge is 0.293 e. The Balaban J connectivity index is 1.92.